The van der Waals surface area contributed by atoms with Crippen LogP contribution >= 0.6 is 11.3 Å². The lowest BCUT2D eigenvalue weighted by Gasteiger charge is -2.12. The quantitative estimate of drug-likeness (QED) is 0.662. The Kier molecular flexibility index (Phi) is 4.80. The van der Waals surface area contributed by atoms with Crippen molar-refractivity contribution in [3.63, 3.8) is 0 Å². The fourth-order valence-electron chi connectivity index (χ4n) is 1.13. The van der Waals surface area contributed by atoms with Gasteiger partial charge in [0.15, 0.2) is 0 Å². The predicted octanol–water partition coefficient (Wildman–Crippen LogP) is -0.266. The molecule has 1 rings (SSSR count). The van der Waals surface area contributed by atoms with Gasteiger partial charge < -0.3 is 10.2 Å². The summed E-state index contributed by atoms with van der Waals surface area (Å²) < 4.78 is 25.4. The number of aliphatic hydroxyl groups is 1. The van der Waals surface area contributed by atoms with E-state index in [1.165, 1.54) is 12.1 Å². The van der Waals surface area contributed by atoms with Crippen LogP contribution in [0.1, 0.15) is 11.3 Å². The first kappa shape index (κ1) is 14.6. The third-order valence-corrected chi connectivity index (χ3v) is 4.92. The lowest BCUT2D eigenvalue weighted by atomic mass is 10.2. The number of thiophene rings is 1. The van der Waals surface area contributed by atoms with Gasteiger partial charge in [0.25, 0.3) is 10.0 Å². The van der Waals surface area contributed by atoms with Crippen LogP contribution in [0.5, 0.6) is 0 Å². The molecule has 1 heterocycles. The number of sulfonamides is 1. The number of nitrogens with zero attached hydrogens (tertiary/aromatic N) is 1. The highest BCUT2D eigenvalue weighted by Gasteiger charge is 2.26. The molecule has 0 unspecified atom stereocenters. The number of nitriles is 1. The van der Waals surface area contributed by atoms with E-state index in [-0.39, 0.29) is 15.5 Å². The molecule has 0 saturated carbocycles. The van der Waals surface area contributed by atoms with Gasteiger partial charge in [-0.15, -0.1) is 11.3 Å². The number of hydrogen-bond acceptors (Lipinski definition) is 6. The molecule has 0 aliphatic rings. The van der Waals surface area contributed by atoms with Crippen LogP contribution in [0.3, 0.4) is 0 Å². The van der Waals surface area contributed by atoms with Crippen molar-refractivity contribution in [1.29, 1.82) is 5.26 Å². The van der Waals surface area contributed by atoms with Crippen LogP contribution in [0.15, 0.2) is 16.3 Å². The van der Waals surface area contributed by atoms with Crippen LogP contribution in [-0.2, 0) is 14.8 Å². The maximum atomic E-state index is 11.8. The van der Waals surface area contributed by atoms with E-state index in [9.17, 15) is 13.2 Å². The van der Waals surface area contributed by atoms with Gasteiger partial charge in [0.1, 0.15) is 21.2 Å². The standard InChI is InChI=1S/C9H10N2O5S2/c10-5-6-1-2-8(17-6)18(15,16)11-7(3-4-12)9(13)14/h1-2,7,11-12H,3-4H2,(H,13,14)/t7-/m1/s1. The molecule has 1 atom stereocenters. The first-order valence-electron chi connectivity index (χ1n) is 4.76. The van der Waals surface area contributed by atoms with Crippen molar-refractivity contribution in [2.45, 2.75) is 16.7 Å². The Morgan fingerprint density at radius 3 is 2.67 bits per heavy atom. The topological polar surface area (TPSA) is 127 Å². The molecule has 3 N–H and O–H groups in total. The summed E-state index contributed by atoms with van der Waals surface area (Å²) in [5, 5.41) is 26.0. The number of rotatable bonds is 6. The molecule has 0 aliphatic carbocycles. The van der Waals surface area contributed by atoms with E-state index in [1.807, 2.05) is 4.72 Å². The van der Waals surface area contributed by atoms with Crippen molar-refractivity contribution in [2.75, 3.05) is 6.61 Å². The van der Waals surface area contributed by atoms with Crippen molar-refractivity contribution < 1.29 is 23.4 Å². The van der Waals surface area contributed by atoms with Crippen LogP contribution in [0, 0.1) is 11.3 Å². The lowest BCUT2D eigenvalue weighted by Crippen LogP contribution is -2.41. The SMILES string of the molecule is N#Cc1ccc(S(=O)(=O)N[C@H](CCO)C(=O)O)s1. The highest BCUT2D eigenvalue weighted by molar-refractivity contribution is 7.91. The van der Waals surface area contributed by atoms with E-state index in [0.29, 0.717) is 0 Å². The maximum Gasteiger partial charge on any atom is 0.321 e. The van der Waals surface area contributed by atoms with Gasteiger partial charge in [-0.3, -0.25) is 4.79 Å². The van der Waals surface area contributed by atoms with Crippen LogP contribution in [-0.4, -0.2) is 37.2 Å². The molecular formula is C9H10N2O5S2. The molecule has 1 aromatic rings. The molecule has 0 spiro atoms. The van der Waals surface area contributed by atoms with Crippen molar-refractivity contribution >= 4 is 27.3 Å². The number of aliphatic carboxylic acids is 1. The Morgan fingerprint density at radius 2 is 2.22 bits per heavy atom. The molecule has 98 valence electrons. The normalized spacial score (nSPS) is 12.9. The Morgan fingerprint density at radius 1 is 1.56 bits per heavy atom. The van der Waals surface area contributed by atoms with E-state index in [1.54, 1.807) is 6.07 Å². The van der Waals surface area contributed by atoms with Gasteiger partial charge in [0, 0.05) is 6.61 Å². The van der Waals surface area contributed by atoms with Crippen LogP contribution < -0.4 is 4.72 Å². The predicted molar refractivity (Wildman–Crippen MR) is 62.5 cm³/mol. The number of carboxylic acids is 1. The van der Waals surface area contributed by atoms with E-state index in [0.717, 1.165) is 11.3 Å². The molecule has 0 radical (unpaired) electrons. The first-order valence-corrected chi connectivity index (χ1v) is 7.06. The van der Waals surface area contributed by atoms with Crippen molar-refractivity contribution in [3.8, 4) is 6.07 Å². The minimum Gasteiger partial charge on any atom is -0.480 e. The highest BCUT2D eigenvalue weighted by Crippen LogP contribution is 2.21. The Bertz CT molecular complexity index is 572. The van der Waals surface area contributed by atoms with Crippen molar-refractivity contribution in [3.05, 3.63) is 17.0 Å². The van der Waals surface area contributed by atoms with Gasteiger partial charge in [-0.05, 0) is 18.6 Å². The number of carbonyl (C=O) groups is 1. The molecule has 0 bridgehead atoms. The lowest BCUT2D eigenvalue weighted by molar-refractivity contribution is -0.139. The van der Waals surface area contributed by atoms with Gasteiger partial charge in [-0.25, -0.2) is 8.42 Å². The van der Waals surface area contributed by atoms with Crippen LogP contribution in [0.2, 0.25) is 0 Å². The Labute approximate surface area is 107 Å². The molecule has 0 aliphatic heterocycles. The summed E-state index contributed by atoms with van der Waals surface area (Å²) >= 11 is 0.745. The molecule has 0 saturated heterocycles. The summed E-state index contributed by atoms with van der Waals surface area (Å²) in [6.07, 6.45) is -0.231. The molecule has 9 heteroatoms. The third kappa shape index (κ3) is 3.51. The smallest absolute Gasteiger partial charge is 0.321 e. The molecule has 1 aromatic heterocycles. The van der Waals surface area contributed by atoms with E-state index in [2.05, 4.69) is 0 Å². The Hall–Kier alpha value is -1.47. The number of carboxylic acid groups (broad SMARTS) is 1. The zero-order valence-corrected chi connectivity index (χ0v) is 10.7. The Balaban J connectivity index is 2.93. The monoisotopic (exact) mass is 290 g/mol. The second kappa shape index (κ2) is 5.92. The highest BCUT2D eigenvalue weighted by atomic mass is 32.2. The van der Waals surface area contributed by atoms with E-state index >= 15 is 0 Å². The first-order chi connectivity index (χ1) is 8.40. The summed E-state index contributed by atoms with van der Waals surface area (Å²) in [5.41, 5.74) is 0. The zero-order valence-electron chi connectivity index (χ0n) is 9.03. The summed E-state index contributed by atoms with van der Waals surface area (Å²) in [6, 6.07) is 2.95. The second-order valence-electron chi connectivity index (χ2n) is 3.25. The number of nitrogens with one attached hydrogen (secondary N) is 1. The van der Waals surface area contributed by atoms with Gasteiger partial charge in [0.05, 0.1) is 0 Å². The van der Waals surface area contributed by atoms with Gasteiger partial charge in [-0.2, -0.15) is 9.98 Å². The molecule has 7 nitrogen and oxygen atoms in total. The fraction of sp³-hybridized carbons (Fsp3) is 0.333. The minimum atomic E-state index is -3.99. The maximum absolute atomic E-state index is 11.8. The fourth-order valence-corrected chi connectivity index (χ4v) is 3.48. The van der Waals surface area contributed by atoms with Gasteiger partial charge in [-0.1, -0.05) is 0 Å². The summed E-state index contributed by atoms with van der Waals surface area (Å²) in [7, 11) is -3.99. The largest absolute Gasteiger partial charge is 0.480 e. The van der Waals surface area contributed by atoms with Crippen molar-refractivity contribution in [2.24, 2.45) is 0 Å². The third-order valence-electron chi connectivity index (χ3n) is 1.97. The van der Waals surface area contributed by atoms with Gasteiger partial charge in [0.2, 0.25) is 0 Å². The minimum absolute atomic E-state index is 0.136. The second-order valence-corrected chi connectivity index (χ2v) is 6.28. The number of aliphatic hydroxyl groups excluding tert-OH is 1. The van der Waals surface area contributed by atoms with Crippen LogP contribution in [0.4, 0.5) is 0 Å². The summed E-state index contributed by atoms with van der Waals surface area (Å²) in [5.74, 6) is -1.37. The van der Waals surface area contributed by atoms with Gasteiger partial charge >= 0.3 is 5.97 Å². The molecule has 0 fully saturated rings. The average molecular weight is 290 g/mol. The molecular weight excluding hydrogens is 280 g/mol. The van der Waals surface area contributed by atoms with Crippen LogP contribution in [0.25, 0.3) is 0 Å². The summed E-state index contributed by atoms with van der Waals surface area (Å²) in [4.78, 5) is 11.0. The molecule has 18 heavy (non-hydrogen) atoms. The molecule has 0 aromatic carbocycles. The van der Waals surface area contributed by atoms with E-state index < -0.39 is 28.6 Å². The van der Waals surface area contributed by atoms with E-state index in [4.69, 9.17) is 15.5 Å². The number of hydrogen-bond donors (Lipinski definition) is 3. The average Bonchev–Trinajstić information content (AvgIpc) is 2.77. The molecule has 0 amide bonds. The zero-order chi connectivity index (χ0) is 13.8. The summed E-state index contributed by atoms with van der Waals surface area (Å²) in [6.45, 7) is -0.451. The van der Waals surface area contributed by atoms with Crippen molar-refractivity contribution in [1.82, 2.24) is 4.72 Å².